The highest BCUT2D eigenvalue weighted by atomic mass is 16.6. The van der Waals surface area contributed by atoms with Gasteiger partial charge in [0, 0.05) is 19.3 Å². The molecule has 0 aliphatic heterocycles. The first-order chi connectivity index (χ1) is 30.8. The van der Waals surface area contributed by atoms with Crippen molar-refractivity contribution in [3.05, 3.63) is 0 Å². The van der Waals surface area contributed by atoms with Crippen LogP contribution in [0.25, 0.3) is 0 Å². The highest BCUT2D eigenvalue weighted by Crippen LogP contribution is 2.19. The quantitative estimate of drug-likeness (QED) is 0.0344. The zero-order valence-electron chi connectivity index (χ0n) is 43.2. The van der Waals surface area contributed by atoms with E-state index < -0.39 is 6.10 Å². The van der Waals surface area contributed by atoms with Crippen LogP contribution < -0.4 is 0 Å². The van der Waals surface area contributed by atoms with Gasteiger partial charge >= 0.3 is 17.9 Å². The van der Waals surface area contributed by atoms with Crippen LogP contribution in [0.5, 0.6) is 0 Å². The molecule has 0 aliphatic rings. The minimum absolute atomic E-state index is 0.0632. The van der Waals surface area contributed by atoms with Crippen LogP contribution in [0.2, 0.25) is 0 Å². The predicted octanol–water partition coefficient (Wildman–Crippen LogP) is 18.5. The van der Waals surface area contributed by atoms with E-state index in [1.165, 1.54) is 205 Å². The van der Waals surface area contributed by atoms with Gasteiger partial charge in [-0.2, -0.15) is 0 Å². The average Bonchev–Trinajstić information content (AvgIpc) is 3.28. The van der Waals surface area contributed by atoms with Crippen LogP contribution in [0.1, 0.15) is 317 Å². The van der Waals surface area contributed by atoms with Gasteiger partial charge in [0.2, 0.25) is 0 Å². The molecule has 0 spiro atoms. The summed E-state index contributed by atoms with van der Waals surface area (Å²) in [6.07, 6.45) is 52.2. The van der Waals surface area contributed by atoms with E-state index in [9.17, 15) is 14.4 Å². The summed E-state index contributed by atoms with van der Waals surface area (Å²) >= 11 is 0. The lowest BCUT2D eigenvalue weighted by Crippen LogP contribution is -2.30. The second-order valence-electron chi connectivity index (χ2n) is 20.1. The number of hydrogen-bond acceptors (Lipinski definition) is 6. The number of ether oxygens (including phenoxy) is 3. The lowest BCUT2D eigenvalue weighted by atomic mass is 9.99. The van der Waals surface area contributed by atoms with Crippen molar-refractivity contribution < 1.29 is 28.6 Å². The van der Waals surface area contributed by atoms with Gasteiger partial charge in [-0.15, -0.1) is 0 Å². The molecule has 2 unspecified atom stereocenters. The van der Waals surface area contributed by atoms with E-state index in [-0.39, 0.29) is 31.1 Å². The van der Waals surface area contributed by atoms with Crippen molar-refractivity contribution in [3.63, 3.8) is 0 Å². The molecule has 0 rings (SSSR count). The van der Waals surface area contributed by atoms with Crippen molar-refractivity contribution in [2.75, 3.05) is 13.2 Å². The fourth-order valence-electron chi connectivity index (χ4n) is 8.63. The van der Waals surface area contributed by atoms with E-state index in [4.69, 9.17) is 14.2 Å². The smallest absolute Gasteiger partial charge is 0.306 e. The Hall–Kier alpha value is -1.59. The second-order valence-corrected chi connectivity index (χ2v) is 20.1. The zero-order chi connectivity index (χ0) is 46.1. The molecule has 6 heteroatoms. The maximum absolute atomic E-state index is 12.8. The van der Waals surface area contributed by atoms with Gasteiger partial charge in [-0.1, -0.05) is 279 Å². The Morgan fingerprint density at radius 2 is 0.556 bits per heavy atom. The molecule has 0 amide bonds. The minimum atomic E-state index is -0.763. The summed E-state index contributed by atoms with van der Waals surface area (Å²) in [6, 6.07) is 0. The summed E-state index contributed by atoms with van der Waals surface area (Å²) in [5.74, 6) is 0.894. The molecular formula is C57H110O6. The van der Waals surface area contributed by atoms with E-state index in [1.807, 2.05) is 0 Å². The first-order valence-corrected chi connectivity index (χ1v) is 28.3. The number of unbranched alkanes of at least 4 members (excludes halogenated alkanes) is 34. The van der Waals surface area contributed by atoms with E-state index in [1.54, 1.807) is 0 Å². The normalized spacial score (nSPS) is 12.9. The molecule has 0 aromatic carbocycles. The van der Waals surface area contributed by atoms with Crippen molar-refractivity contribution >= 4 is 17.9 Å². The third-order valence-corrected chi connectivity index (χ3v) is 13.7. The molecule has 63 heavy (non-hydrogen) atoms. The Morgan fingerprint density at radius 1 is 0.317 bits per heavy atom. The fourth-order valence-corrected chi connectivity index (χ4v) is 8.63. The molecule has 0 radical (unpaired) electrons. The van der Waals surface area contributed by atoms with E-state index >= 15 is 0 Å². The van der Waals surface area contributed by atoms with Gasteiger partial charge in [-0.3, -0.25) is 14.4 Å². The molecule has 6 nitrogen and oxygen atoms in total. The SMILES string of the molecule is CCCCCCCCCCCCCCCCCCCC(=O)OC[C@H](COC(=O)CCCCCCCCCCCCC(C)CC)OC(=O)CCCCCCCCCCCCC(C)CC. The van der Waals surface area contributed by atoms with Crippen molar-refractivity contribution in [1.82, 2.24) is 0 Å². The van der Waals surface area contributed by atoms with Gasteiger partial charge < -0.3 is 14.2 Å². The standard InChI is InChI=1S/C57H110O6/c1-6-9-10-11-12-13-14-15-16-17-18-19-20-27-32-37-42-47-55(58)61-50-54(63-57(60)49-44-39-34-29-24-22-26-31-36-41-46-53(5)8-3)51-62-56(59)48-43-38-33-28-23-21-25-30-35-40-45-52(4)7-2/h52-54H,6-51H2,1-5H3/t52?,53?,54-/m1/s1. The van der Waals surface area contributed by atoms with Gasteiger partial charge in [-0.05, 0) is 31.1 Å². The highest BCUT2D eigenvalue weighted by molar-refractivity contribution is 5.71. The van der Waals surface area contributed by atoms with E-state index in [0.29, 0.717) is 19.3 Å². The lowest BCUT2D eigenvalue weighted by molar-refractivity contribution is -0.167. The van der Waals surface area contributed by atoms with Crippen molar-refractivity contribution in [2.45, 2.75) is 323 Å². The molecule has 0 aromatic heterocycles. The van der Waals surface area contributed by atoms with Gasteiger partial charge in [-0.25, -0.2) is 0 Å². The Labute approximate surface area is 393 Å². The molecule has 0 saturated carbocycles. The van der Waals surface area contributed by atoms with E-state index in [0.717, 1.165) is 69.6 Å². The van der Waals surface area contributed by atoms with Gasteiger partial charge in [0.15, 0.2) is 6.10 Å². The van der Waals surface area contributed by atoms with Gasteiger partial charge in [0.25, 0.3) is 0 Å². The van der Waals surface area contributed by atoms with Crippen LogP contribution in [-0.2, 0) is 28.6 Å². The number of esters is 3. The summed E-state index contributed by atoms with van der Waals surface area (Å²) in [7, 11) is 0. The van der Waals surface area contributed by atoms with Crippen LogP contribution in [0, 0.1) is 11.8 Å². The fraction of sp³-hybridized carbons (Fsp3) is 0.947. The first kappa shape index (κ1) is 61.4. The summed E-state index contributed by atoms with van der Waals surface area (Å²) in [4.78, 5) is 38.1. The van der Waals surface area contributed by atoms with Gasteiger partial charge in [0.1, 0.15) is 13.2 Å². The molecule has 3 atom stereocenters. The maximum Gasteiger partial charge on any atom is 0.306 e. The summed E-state index contributed by atoms with van der Waals surface area (Å²) < 4.78 is 16.9. The molecule has 0 fully saturated rings. The van der Waals surface area contributed by atoms with Crippen LogP contribution in [0.4, 0.5) is 0 Å². The van der Waals surface area contributed by atoms with Crippen LogP contribution in [-0.4, -0.2) is 37.2 Å². The van der Waals surface area contributed by atoms with Crippen LogP contribution >= 0.6 is 0 Å². The maximum atomic E-state index is 12.8. The summed E-state index contributed by atoms with van der Waals surface area (Å²) in [5.41, 5.74) is 0. The lowest BCUT2D eigenvalue weighted by Gasteiger charge is -2.18. The Balaban J connectivity index is 4.31. The van der Waals surface area contributed by atoms with Crippen LogP contribution in [0.15, 0.2) is 0 Å². The van der Waals surface area contributed by atoms with Gasteiger partial charge in [0.05, 0.1) is 0 Å². The third-order valence-electron chi connectivity index (χ3n) is 13.7. The topological polar surface area (TPSA) is 78.9 Å². The first-order valence-electron chi connectivity index (χ1n) is 28.3. The number of carbonyl (C=O) groups is 3. The Kier molecular flexibility index (Phi) is 48.6. The minimum Gasteiger partial charge on any atom is -0.462 e. The number of rotatable bonds is 51. The molecule has 0 bridgehead atoms. The van der Waals surface area contributed by atoms with Crippen LogP contribution in [0.3, 0.4) is 0 Å². The molecule has 0 heterocycles. The largest absolute Gasteiger partial charge is 0.462 e. The number of hydrogen-bond donors (Lipinski definition) is 0. The van der Waals surface area contributed by atoms with E-state index in [2.05, 4.69) is 34.6 Å². The predicted molar refractivity (Wildman–Crippen MR) is 270 cm³/mol. The molecule has 0 aromatic rings. The monoisotopic (exact) mass is 891 g/mol. The molecule has 374 valence electrons. The van der Waals surface area contributed by atoms with Crippen molar-refractivity contribution in [2.24, 2.45) is 11.8 Å². The highest BCUT2D eigenvalue weighted by Gasteiger charge is 2.19. The Morgan fingerprint density at radius 3 is 0.825 bits per heavy atom. The molecule has 0 saturated heterocycles. The average molecular weight is 892 g/mol. The molecule has 0 N–H and O–H groups in total. The second kappa shape index (κ2) is 49.8. The zero-order valence-corrected chi connectivity index (χ0v) is 43.2. The molecular weight excluding hydrogens is 781 g/mol. The Bertz CT molecular complexity index is 966. The summed E-state index contributed by atoms with van der Waals surface area (Å²) in [6.45, 7) is 11.4. The summed E-state index contributed by atoms with van der Waals surface area (Å²) in [5, 5.41) is 0. The van der Waals surface area contributed by atoms with Crippen molar-refractivity contribution in [1.29, 1.82) is 0 Å². The third kappa shape index (κ3) is 48.2. The molecule has 0 aliphatic carbocycles. The number of carbonyl (C=O) groups excluding carboxylic acids is 3. The van der Waals surface area contributed by atoms with Crippen molar-refractivity contribution in [3.8, 4) is 0 Å².